The molecular formula is C10H25N3. The first-order valence-corrected chi connectivity index (χ1v) is 5.52. The van der Waals surface area contributed by atoms with E-state index in [9.17, 15) is 0 Å². The fourth-order valence-electron chi connectivity index (χ4n) is 1.33. The van der Waals surface area contributed by atoms with Gasteiger partial charge in [0.1, 0.15) is 0 Å². The molecule has 0 rings (SSSR count). The lowest BCUT2D eigenvalue weighted by molar-refractivity contribution is 0.569. The number of unbranched alkanes of at least 4 members (excludes halogenated alkanes) is 5. The molecule has 3 heteroatoms. The number of rotatable bonds is 10. The second-order valence-electron chi connectivity index (χ2n) is 3.45. The van der Waals surface area contributed by atoms with Crippen molar-refractivity contribution in [2.45, 2.75) is 38.5 Å². The zero-order chi connectivity index (χ0) is 9.78. The molecule has 0 atom stereocenters. The van der Waals surface area contributed by atoms with Crippen LogP contribution in [0.1, 0.15) is 38.5 Å². The molecule has 0 bridgehead atoms. The van der Waals surface area contributed by atoms with Gasteiger partial charge in [0.05, 0.1) is 0 Å². The second-order valence-corrected chi connectivity index (χ2v) is 3.45. The molecule has 0 spiro atoms. The van der Waals surface area contributed by atoms with Crippen molar-refractivity contribution in [2.24, 2.45) is 11.5 Å². The van der Waals surface area contributed by atoms with Crippen molar-refractivity contribution in [1.29, 1.82) is 0 Å². The van der Waals surface area contributed by atoms with Crippen molar-refractivity contribution in [3.63, 3.8) is 0 Å². The normalized spacial score (nSPS) is 10.6. The topological polar surface area (TPSA) is 64.1 Å². The van der Waals surface area contributed by atoms with Gasteiger partial charge in [-0.25, -0.2) is 0 Å². The van der Waals surface area contributed by atoms with E-state index in [2.05, 4.69) is 5.32 Å². The van der Waals surface area contributed by atoms with Crippen molar-refractivity contribution in [2.75, 3.05) is 26.2 Å². The van der Waals surface area contributed by atoms with Crippen LogP contribution in [0.4, 0.5) is 0 Å². The van der Waals surface area contributed by atoms with Crippen LogP contribution in [0.15, 0.2) is 0 Å². The second kappa shape index (κ2) is 11.9. The maximum Gasteiger partial charge on any atom is 0.00745 e. The number of nitrogens with two attached hydrogens (primary N) is 2. The van der Waals surface area contributed by atoms with Crippen LogP contribution >= 0.6 is 0 Å². The molecule has 0 saturated carbocycles. The van der Waals surface area contributed by atoms with Crippen LogP contribution in [-0.2, 0) is 0 Å². The van der Waals surface area contributed by atoms with Crippen LogP contribution in [0.3, 0.4) is 0 Å². The third-order valence-electron chi connectivity index (χ3n) is 2.13. The van der Waals surface area contributed by atoms with E-state index in [-0.39, 0.29) is 0 Å². The Bertz CT molecular complexity index is 76.2. The van der Waals surface area contributed by atoms with E-state index < -0.39 is 0 Å². The van der Waals surface area contributed by atoms with Gasteiger partial charge in [0.15, 0.2) is 0 Å². The van der Waals surface area contributed by atoms with Crippen LogP contribution < -0.4 is 16.8 Å². The monoisotopic (exact) mass is 187 g/mol. The zero-order valence-electron chi connectivity index (χ0n) is 8.73. The van der Waals surface area contributed by atoms with Gasteiger partial charge in [-0.15, -0.1) is 0 Å². The van der Waals surface area contributed by atoms with Gasteiger partial charge in [0, 0.05) is 13.1 Å². The number of nitrogens with one attached hydrogen (secondary N) is 1. The van der Waals surface area contributed by atoms with Crippen molar-refractivity contribution >= 4 is 0 Å². The molecule has 0 aromatic carbocycles. The smallest absolute Gasteiger partial charge is 0.00745 e. The largest absolute Gasteiger partial charge is 0.330 e. The summed E-state index contributed by atoms with van der Waals surface area (Å²) >= 11 is 0. The molecule has 0 aromatic rings. The van der Waals surface area contributed by atoms with Gasteiger partial charge in [0.25, 0.3) is 0 Å². The summed E-state index contributed by atoms with van der Waals surface area (Å²) in [6.07, 6.45) is 7.79. The summed E-state index contributed by atoms with van der Waals surface area (Å²) in [6.45, 7) is 3.66. The molecule has 0 aliphatic heterocycles. The summed E-state index contributed by atoms with van der Waals surface area (Å²) in [5.74, 6) is 0. The Morgan fingerprint density at radius 2 is 1.23 bits per heavy atom. The molecule has 5 N–H and O–H groups in total. The van der Waals surface area contributed by atoms with Gasteiger partial charge in [0.2, 0.25) is 0 Å². The van der Waals surface area contributed by atoms with Gasteiger partial charge in [-0.1, -0.05) is 25.7 Å². The van der Waals surface area contributed by atoms with Gasteiger partial charge >= 0.3 is 0 Å². The molecule has 0 aliphatic rings. The van der Waals surface area contributed by atoms with E-state index >= 15 is 0 Å². The first kappa shape index (κ1) is 12.9. The molecule has 0 aromatic heterocycles. The van der Waals surface area contributed by atoms with E-state index in [4.69, 9.17) is 11.5 Å². The van der Waals surface area contributed by atoms with E-state index in [0.717, 1.165) is 26.2 Å². The standard InChI is InChI=1S/C10H25N3/c11-7-5-3-1-2-4-6-9-13-10-8-12/h13H,1-12H2. The molecule has 3 nitrogen and oxygen atoms in total. The molecule has 0 heterocycles. The molecular weight excluding hydrogens is 162 g/mol. The summed E-state index contributed by atoms with van der Waals surface area (Å²) in [7, 11) is 0. The van der Waals surface area contributed by atoms with Gasteiger partial charge in [-0.2, -0.15) is 0 Å². The van der Waals surface area contributed by atoms with Gasteiger partial charge < -0.3 is 16.8 Å². The molecule has 0 amide bonds. The Labute approximate surface area is 82.3 Å². The number of hydrogen-bond donors (Lipinski definition) is 3. The fourth-order valence-corrected chi connectivity index (χ4v) is 1.33. The first-order valence-electron chi connectivity index (χ1n) is 5.52. The van der Waals surface area contributed by atoms with Crippen molar-refractivity contribution < 1.29 is 0 Å². The van der Waals surface area contributed by atoms with Crippen LogP contribution in [-0.4, -0.2) is 26.2 Å². The first-order chi connectivity index (χ1) is 6.41. The van der Waals surface area contributed by atoms with Crippen LogP contribution in [0.5, 0.6) is 0 Å². The molecule has 0 radical (unpaired) electrons. The SMILES string of the molecule is NCCCCCCCCNCCN. The molecule has 13 heavy (non-hydrogen) atoms. The lowest BCUT2D eigenvalue weighted by Crippen LogP contribution is -2.23. The van der Waals surface area contributed by atoms with E-state index in [1.165, 1.54) is 38.5 Å². The summed E-state index contributed by atoms with van der Waals surface area (Å²) in [6, 6.07) is 0. The lowest BCUT2D eigenvalue weighted by Gasteiger charge is -2.02. The maximum absolute atomic E-state index is 5.40. The van der Waals surface area contributed by atoms with Crippen LogP contribution in [0, 0.1) is 0 Å². The predicted molar refractivity (Wildman–Crippen MR) is 58.7 cm³/mol. The van der Waals surface area contributed by atoms with Gasteiger partial charge in [-0.05, 0) is 25.9 Å². The fraction of sp³-hybridized carbons (Fsp3) is 1.00. The molecule has 0 fully saturated rings. The quantitative estimate of drug-likeness (QED) is 0.444. The summed E-state index contributed by atoms with van der Waals surface area (Å²) in [4.78, 5) is 0. The lowest BCUT2D eigenvalue weighted by atomic mass is 10.1. The minimum Gasteiger partial charge on any atom is -0.330 e. The highest BCUT2D eigenvalue weighted by atomic mass is 14.9. The Morgan fingerprint density at radius 1 is 0.615 bits per heavy atom. The van der Waals surface area contributed by atoms with Crippen LogP contribution in [0.25, 0.3) is 0 Å². The third-order valence-corrected chi connectivity index (χ3v) is 2.13. The maximum atomic E-state index is 5.40. The van der Waals surface area contributed by atoms with Gasteiger partial charge in [-0.3, -0.25) is 0 Å². The third kappa shape index (κ3) is 11.9. The van der Waals surface area contributed by atoms with Crippen molar-refractivity contribution in [3.8, 4) is 0 Å². The van der Waals surface area contributed by atoms with Crippen LogP contribution in [0.2, 0.25) is 0 Å². The molecule has 0 saturated heterocycles. The molecule has 0 unspecified atom stereocenters. The Kier molecular flexibility index (Phi) is 11.8. The number of hydrogen-bond acceptors (Lipinski definition) is 3. The summed E-state index contributed by atoms with van der Waals surface area (Å²) in [5, 5.41) is 3.29. The highest BCUT2D eigenvalue weighted by Gasteiger charge is 1.90. The zero-order valence-corrected chi connectivity index (χ0v) is 8.73. The summed E-state index contributed by atoms with van der Waals surface area (Å²) in [5.41, 5.74) is 10.8. The molecule has 80 valence electrons. The van der Waals surface area contributed by atoms with E-state index in [0.29, 0.717) is 0 Å². The minimum atomic E-state index is 0.747. The van der Waals surface area contributed by atoms with Crippen molar-refractivity contribution in [1.82, 2.24) is 5.32 Å². The molecule has 0 aliphatic carbocycles. The highest BCUT2D eigenvalue weighted by Crippen LogP contribution is 2.03. The summed E-state index contributed by atoms with van der Waals surface area (Å²) < 4.78 is 0. The van der Waals surface area contributed by atoms with E-state index in [1.807, 2.05) is 0 Å². The minimum absolute atomic E-state index is 0.747. The predicted octanol–water partition coefficient (Wildman–Crippen LogP) is 0.834. The Morgan fingerprint density at radius 3 is 1.85 bits per heavy atom. The van der Waals surface area contributed by atoms with E-state index in [1.54, 1.807) is 0 Å². The Hall–Kier alpha value is -0.120. The average molecular weight is 187 g/mol. The average Bonchev–Trinajstić information content (AvgIpc) is 2.16. The van der Waals surface area contributed by atoms with Crippen molar-refractivity contribution in [3.05, 3.63) is 0 Å². The Balaban J connectivity index is 2.76. The highest BCUT2D eigenvalue weighted by molar-refractivity contribution is 4.50.